The molecule has 18 heavy (non-hydrogen) atoms. The van der Waals surface area contributed by atoms with Crippen molar-refractivity contribution in [2.75, 3.05) is 6.54 Å². The van der Waals surface area contributed by atoms with Crippen LogP contribution < -0.4 is 5.73 Å². The van der Waals surface area contributed by atoms with E-state index in [4.69, 9.17) is 10.2 Å². The van der Waals surface area contributed by atoms with Crippen LogP contribution in [0.1, 0.15) is 34.0 Å². The molecule has 1 aliphatic rings. The van der Waals surface area contributed by atoms with E-state index in [1.54, 1.807) is 0 Å². The van der Waals surface area contributed by atoms with Crippen molar-refractivity contribution in [1.29, 1.82) is 0 Å². The molecule has 98 valence electrons. The Morgan fingerprint density at radius 3 is 2.44 bits per heavy atom. The molecule has 1 aliphatic carbocycles. The second kappa shape index (κ2) is 4.75. The third kappa shape index (κ3) is 2.66. The number of primary amides is 1. The Morgan fingerprint density at radius 2 is 2.00 bits per heavy atom. The van der Waals surface area contributed by atoms with Crippen molar-refractivity contribution in [3.8, 4) is 0 Å². The minimum atomic E-state index is -2.60. The molecule has 1 aromatic heterocycles. The van der Waals surface area contributed by atoms with E-state index in [0.29, 0.717) is 12.8 Å². The van der Waals surface area contributed by atoms with Gasteiger partial charge in [-0.25, -0.2) is 8.78 Å². The van der Waals surface area contributed by atoms with Crippen LogP contribution in [0.25, 0.3) is 0 Å². The molecule has 2 amide bonds. The van der Waals surface area contributed by atoms with Gasteiger partial charge in [-0.2, -0.15) is 0 Å². The van der Waals surface area contributed by atoms with Crippen LogP contribution in [0, 0.1) is 0 Å². The molecule has 0 unspecified atom stereocenters. The van der Waals surface area contributed by atoms with Gasteiger partial charge in [-0.15, -0.1) is 0 Å². The minimum Gasteiger partial charge on any atom is -0.446 e. The third-order valence-corrected chi connectivity index (χ3v) is 2.64. The maximum Gasteiger partial charge on any atom is 0.290 e. The monoisotopic (exact) mass is 258 g/mol. The van der Waals surface area contributed by atoms with Gasteiger partial charge in [0.1, 0.15) is 0 Å². The second-order valence-corrected chi connectivity index (χ2v) is 4.11. The normalized spacial score (nSPS) is 14.8. The molecule has 0 atom stereocenters. The summed E-state index contributed by atoms with van der Waals surface area (Å²) in [7, 11) is 0. The van der Waals surface area contributed by atoms with Gasteiger partial charge < -0.3 is 15.1 Å². The molecule has 1 fully saturated rings. The molecule has 1 heterocycles. The molecule has 2 N–H and O–H groups in total. The van der Waals surface area contributed by atoms with Crippen LogP contribution in [0.15, 0.2) is 16.5 Å². The van der Waals surface area contributed by atoms with Crippen molar-refractivity contribution in [1.82, 2.24) is 4.90 Å². The number of alkyl halides is 2. The Morgan fingerprint density at radius 1 is 1.39 bits per heavy atom. The first kappa shape index (κ1) is 12.5. The number of hydrogen-bond donors (Lipinski definition) is 1. The number of nitrogens with zero attached hydrogens (tertiary/aromatic N) is 1. The Hall–Kier alpha value is -1.92. The van der Waals surface area contributed by atoms with Crippen molar-refractivity contribution < 1.29 is 22.8 Å². The fourth-order valence-corrected chi connectivity index (χ4v) is 1.66. The number of carbonyl (C=O) groups is 2. The van der Waals surface area contributed by atoms with Crippen molar-refractivity contribution in [2.24, 2.45) is 5.73 Å². The zero-order valence-electron chi connectivity index (χ0n) is 9.44. The summed E-state index contributed by atoms with van der Waals surface area (Å²) in [6, 6.07) is 2.36. The number of rotatable bonds is 5. The number of hydrogen-bond acceptors (Lipinski definition) is 3. The second-order valence-electron chi connectivity index (χ2n) is 4.11. The minimum absolute atomic E-state index is 0.142. The molecule has 1 aromatic rings. The highest BCUT2D eigenvalue weighted by Gasteiger charge is 2.35. The molecule has 5 nitrogen and oxygen atoms in total. The summed E-state index contributed by atoms with van der Waals surface area (Å²) in [6.45, 7) is -0.629. The van der Waals surface area contributed by atoms with Crippen LogP contribution in [0.3, 0.4) is 0 Å². The highest BCUT2D eigenvalue weighted by Crippen LogP contribution is 2.29. The number of halogens is 2. The topological polar surface area (TPSA) is 76.5 Å². The van der Waals surface area contributed by atoms with Crippen molar-refractivity contribution in [3.63, 3.8) is 0 Å². The molecule has 0 aromatic carbocycles. The smallest absolute Gasteiger partial charge is 0.290 e. The Bertz CT molecular complexity index is 469. The first-order chi connectivity index (χ1) is 8.49. The van der Waals surface area contributed by atoms with E-state index in [9.17, 15) is 18.4 Å². The van der Waals surface area contributed by atoms with Gasteiger partial charge in [-0.05, 0) is 25.0 Å². The average molecular weight is 258 g/mol. The van der Waals surface area contributed by atoms with Crippen LogP contribution in [0.4, 0.5) is 8.78 Å². The molecular formula is C11H12F2N2O3. The molecule has 1 saturated carbocycles. The van der Waals surface area contributed by atoms with Crippen LogP contribution in [0.2, 0.25) is 0 Å². The van der Waals surface area contributed by atoms with Crippen LogP contribution >= 0.6 is 0 Å². The Balaban J connectivity index is 2.14. The first-order valence-corrected chi connectivity index (χ1v) is 5.48. The highest BCUT2D eigenvalue weighted by molar-refractivity contribution is 5.95. The molecule has 7 heteroatoms. The number of carbonyl (C=O) groups excluding carboxylic acids is 2. The van der Waals surface area contributed by atoms with Crippen molar-refractivity contribution in [3.05, 3.63) is 23.7 Å². The average Bonchev–Trinajstić information content (AvgIpc) is 3.00. The Labute approximate surface area is 102 Å². The lowest BCUT2D eigenvalue weighted by atomic mass is 10.3. The number of furan rings is 1. The van der Waals surface area contributed by atoms with E-state index in [0.717, 1.165) is 4.90 Å². The lowest BCUT2D eigenvalue weighted by Gasteiger charge is -2.20. The maximum absolute atomic E-state index is 12.4. The molecule has 0 bridgehead atoms. The third-order valence-electron chi connectivity index (χ3n) is 2.64. The molecule has 0 spiro atoms. The highest BCUT2D eigenvalue weighted by atomic mass is 19.3. The number of nitrogens with two attached hydrogens (primary N) is 1. The van der Waals surface area contributed by atoms with Gasteiger partial charge in [0.2, 0.25) is 0 Å². The predicted octanol–water partition coefficient (Wildman–Crippen LogP) is 1.25. The van der Waals surface area contributed by atoms with Gasteiger partial charge in [0, 0.05) is 6.04 Å². The summed E-state index contributed by atoms with van der Waals surface area (Å²) < 4.78 is 29.7. The molecule has 0 saturated heterocycles. The van der Waals surface area contributed by atoms with Crippen molar-refractivity contribution in [2.45, 2.75) is 25.3 Å². The zero-order chi connectivity index (χ0) is 13.3. The van der Waals surface area contributed by atoms with Gasteiger partial charge in [0.15, 0.2) is 11.5 Å². The number of amides is 2. The lowest BCUT2D eigenvalue weighted by molar-refractivity contribution is 0.0506. The summed E-state index contributed by atoms with van der Waals surface area (Å²) in [5.41, 5.74) is 4.98. The quantitative estimate of drug-likeness (QED) is 0.863. The van der Waals surface area contributed by atoms with Gasteiger partial charge in [0.25, 0.3) is 18.2 Å². The summed E-state index contributed by atoms with van der Waals surface area (Å²) in [6.07, 6.45) is -1.18. The van der Waals surface area contributed by atoms with E-state index in [-0.39, 0.29) is 17.6 Å². The first-order valence-electron chi connectivity index (χ1n) is 5.48. The van der Waals surface area contributed by atoms with Crippen LogP contribution in [-0.4, -0.2) is 35.7 Å². The van der Waals surface area contributed by atoms with E-state index in [1.807, 2.05) is 0 Å². The van der Waals surface area contributed by atoms with Crippen LogP contribution in [-0.2, 0) is 0 Å². The molecule has 0 radical (unpaired) electrons. The molecule has 2 rings (SSSR count). The fraction of sp³-hybridized carbons (Fsp3) is 0.455. The summed E-state index contributed by atoms with van der Waals surface area (Å²) in [4.78, 5) is 23.8. The predicted molar refractivity (Wildman–Crippen MR) is 57.3 cm³/mol. The van der Waals surface area contributed by atoms with Gasteiger partial charge in [-0.3, -0.25) is 9.59 Å². The summed E-state index contributed by atoms with van der Waals surface area (Å²) >= 11 is 0. The van der Waals surface area contributed by atoms with E-state index >= 15 is 0 Å². The van der Waals surface area contributed by atoms with Gasteiger partial charge in [0.05, 0.1) is 6.54 Å². The molecular weight excluding hydrogens is 246 g/mol. The SMILES string of the molecule is NC(=O)c1ccc(C(=O)N(CC(F)F)C2CC2)o1. The lowest BCUT2D eigenvalue weighted by Crippen LogP contribution is -2.36. The van der Waals surface area contributed by atoms with E-state index in [2.05, 4.69) is 0 Å². The summed E-state index contributed by atoms with van der Waals surface area (Å²) in [5, 5.41) is 0. The largest absolute Gasteiger partial charge is 0.446 e. The van der Waals surface area contributed by atoms with Gasteiger partial charge in [-0.1, -0.05) is 0 Å². The summed E-state index contributed by atoms with van der Waals surface area (Å²) in [5.74, 6) is -1.74. The fourth-order valence-electron chi connectivity index (χ4n) is 1.66. The van der Waals surface area contributed by atoms with E-state index < -0.39 is 24.8 Å². The zero-order valence-corrected chi connectivity index (χ0v) is 9.44. The van der Waals surface area contributed by atoms with Gasteiger partial charge >= 0.3 is 0 Å². The van der Waals surface area contributed by atoms with E-state index in [1.165, 1.54) is 12.1 Å². The maximum atomic E-state index is 12.4. The standard InChI is InChI=1S/C11H12F2N2O3/c12-9(13)5-15(6-1-2-6)11(17)8-4-3-7(18-8)10(14)16/h3-4,6,9H,1-2,5H2,(H2,14,16). The molecule has 0 aliphatic heterocycles. The van der Waals surface area contributed by atoms with Crippen LogP contribution in [0.5, 0.6) is 0 Å². The van der Waals surface area contributed by atoms with Crippen molar-refractivity contribution >= 4 is 11.8 Å². The Kier molecular flexibility index (Phi) is 3.31.